The fourth-order valence-electron chi connectivity index (χ4n) is 2.10. The highest BCUT2D eigenvalue weighted by Crippen LogP contribution is 2.46. The number of Topliss-reactive ketones (excluding diaryl/α,β-unsaturated/α-hetero) is 1. The van der Waals surface area contributed by atoms with Crippen LogP contribution < -0.4 is 45.9 Å². The summed E-state index contributed by atoms with van der Waals surface area (Å²) in [6.45, 7) is 0. The van der Waals surface area contributed by atoms with Crippen molar-refractivity contribution >= 4 is 28.5 Å². The average Bonchev–Trinajstić information content (AvgIpc) is 2.41. The molecule has 0 atom stereocenters. The maximum Gasteiger partial charge on any atom is 0.203 e. The SMILES string of the molecule is Nc1c(N)c(N)c2c(c1N)C(=O)C(N)(N)C2(N)N. The molecule has 18 heavy (non-hydrogen) atoms. The van der Waals surface area contributed by atoms with Gasteiger partial charge in [0.2, 0.25) is 5.78 Å². The zero-order valence-corrected chi connectivity index (χ0v) is 9.53. The van der Waals surface area contributed by atoms with E-state index in [4.69, 9.17) is 45.9 Å². The third-order valence-corrected chi connectivity index (χ3v) is 3.36. The number of benzene rings is 1. The molecule has 0 aliphatic heterocycles. The number of hydrogen-bond donors (Lipinski definition) is 8. The maximum atomic E-state index is 12.1. The van der Waals surface area contributed by atoms with Crippen LogP contribution in [0.2, 0.25) is 0 Å². The molecule has 0 fully saturated rings. The van der Waals surface area contributed by atoms with Crippen molar-refractivity contribution in [1.82, 2.24) is 0 Å². The Bertz CT molecular complexity index is 577. The predicted octanol–water partition coefficient (Wildman–Crippen LogP) is -3.10. The van der Waals surface area contributed by atoms with Crippen LogP contribution in [-0.4, -0.2) is 11.4 Å². The molecule has 1 aromatic rings. The first-order valence-electron chi connectivity index (χ1n) is 5.01. The molecule has 1 aliphatic rings. The lowest BCUT2D eigenvalue weighted by Crippen LogP contribution is -2.74. The molecule has 16 N–H and O–H groups in total. The minimum atomic E-state index is -2.03. The first-order chi connectivity index (χ1) is 8.05. The van der Waals surface area contributed by atoms with Gasteiger partial charge in [0.25, 0.3) is 0 Å². The smallest absolute Gasteiger partial charge is 0.203 e. The zero-order chi connectivity index (χ0) is 14.0. The molecule has 9 nitrogen and oxygen atoms in total. The highest BCUT2D eigenvalue weighted by molar-refractivity contribution is 6.17. The second-order valence-electron chi connectivity index (χ2n) is 4.47. The van der Waals surface area contributed by atoms with Gasteiger partial charge in [0.05, 0.1) is 28.3 Å². The number of ketones is 1. The highest BCUT2D eigenvalue weighted by Gasteiger charge is 2.58. The molecular weight excluding hydrogens is 236 g/mol. The van der Waals surface area contributed by atoms with Crippen LogP contribution in [-0.2, 0) is 5.66 Å². The van der Waals surface area contributed by atoms with Gasteiger partial charge in [-0.3, -0.25) is 4.79 Å². The molecular formula is C9H16N8O. The molecule has 0 saturated carbocycles. The molecule has 2 rings (SSSR count). The minimum Gasteiger partial charge on any atom is -0.397 e. The first kappa shape index (κ1) is 12.4. The summed E-state index contributed by atoms with van der Waals surface area (Å²) in [5.41, 5.74) is 41.8. The standard InChI is InChI=1S/C9H16N8O/c10-3-1-2(4(11)6(13)5(3)12)8(14,15)9(16,17)7(1)18/h10-17H2. The summed E-state index contributed by atoms with van der Waals surface area (Å²) >= 11 is 0. The zero-order valence-electron chi connectivity index (χ0n) is 9.53. The Hall–Kier alpha value is -2.07. The summed E-state index contributed by atoms with van der Waals surface area (Å²) in [5, 5.41) is 0. The Labute approximate surface area is 102 Å². The van der Waals surface area contributed by atoms with Gasteiger partial charge in [0.1, 0.15) is 5.66 Å². The molecule has 9 heteroatoms. The summed E-state index contributed by atoms with van der Waals surface area (Å²) in [6.07, 6.45) is 0. The van der Waals surface area contributed by atoms with Gasteiger partial charge in [-0.15, -0.1) is 0 Å². The molecule has 98 valence electrons. The third-order valence-electron chi connectivity index (χ3n) is 3.36. The van der Waals surface area contributed by atoms with Crippen molar-refractivity contribution in [3.05, 3.63) is 11.1 Å². The van der Waals surface area contributed by atoms with E-state index < -0.39 is 17.1 Å². The first-order valence-corrected chi connectivity index (χ1v) is 5.01. The number of fused-ring (bicyclic) bond motifs is 1. The largest absolute Gasteiger partial charge is 0.397 e. The number of hydrogen-bond acceptors (Lipinski definition) is 9. The van der Waals surface area contributed by atoms with E-state index >= 15 is 0 Å². The minimum absolute atomic E-state index is 0.00275. The van der Waals surface area contributed by atoms with E-state index in [0.717, 1.165) is 0 Å². The molecule has 0 bridgehead atoms. The number of nitrogen functional groups attached to an aromatic ring is 4. The molecule has 0 spiro atoms. The van der Waals surface area contributed by atoms with Gasteiger partial charge >= 0.3 is 0 Å². The predicted molar refractivity (Wildman–Crippen MR) is 69.6 cm³/mol. The van der Waals surface area contributed by atoms with E-state index in [1.165, 1.54) is 0 Å². The molecule has 0 heterocycles. The summed E-state index contributed by atoms with van der Waals surface area (Å²) in [5.74, 6) is -0.724. The van der Waals surface area contributed by atoms with Crippen LogP contribution in [0, 0.1) is 0 Å². The molecule has 0 saturated heterocycles. The molecule has 1 aromatic carbocycles. The van der Waals surface area contributed by atoms with Crippen molar-refractivity contribution in [2.45, 2.75) is 11.3 Å². The van der Waals surface area contributed by atoms with Gasteiger partial charge in [-0.2, -0.15) is 0 Å². The molecule has 0 aromatic heterocycles. The van der Waals surface area contributed by atoms with Gasteiger partial charge in [-0.25, -0.2) is 0 Å². The van der Waals surface area contributed by atoms with Gasteiger partial charge < -0.3 is 45.9 Å². The summed E-state index contributed by atoms with van der Waals surface area (Å²) in [6, 6.07) is 0. The Kier molecular flexibility index (Phi) is 2.08. The van der Waals surface area contributed by atoms with Crippen molar-refractivity contribution in [2.75, 3.05) is 22.9 Å². The summed E-state index contributed by atoms with van der Waals surface area (Å²) in [4.78, 5) is 12.1. The van der Waals surface area contributed by atoms with E-state index in [1.54, 1.807) is 0 Å². The van der Waals surface area contributed by atoms with Crippen molar-refractivity contribution in [3.8, 4) is 0 Å². The summed E-state index contributed by atoms with van der Waals surface area (Å²) in [7, 11) is 0. The highest BCUT2D eigenvalue weighted by atomic mass is 16.1. The van der Waals surface area contributed by atoms with Crippen LogP contribution in [0.3, 0.4) is 0 Å². The lowest BCUT2D eigenvalue weighted by Gasteiger charge is -2.33. The number of carbonyl (C=O) groups excluding carboxylic acids is 1. The van der Waals surface area contributed by atoms with E-state index in [0.29, 0.717) is 0 Å². The number of anilines is 4. The summed E-state index contributed by atoms with van der Waals surface area (Å²) < 4.78 is 0. The van der Waals surface area contributed by atoms with Crippen LogP contribution in [0.5, 0.6) is 0 Å². The Morgan fingerprint density at radius 2 is 1.11 bits per heavy atom. The lowest BCUT2D eigenvalue weighted by molar-refractivity contribution is 0.0846. The second-order valence-corrected chi connectivity index (χ2v) is 4.47. The molecule has 0 radical (unpaired) electrons. The van der Waals surface area contributed by atoms with Crippen molar-refractivity contribution in [3.63, 3.8) is 0 Å². The topological polar surface area (TPSA) is 225 Å². The molecule has 0 unspecified atom stereocenters. The lowest BCUT2D eigenvalue weighted by atomic mass is 9.94. The van der Waals surface area contributed by atoms with Crippen LogP contribution in [0.25, 0.3) is 0 Å². The molecule has 0 amide bonds. The van der Waals surface area contributed by atoms with Crippen LogP contribution in [0.4, 0.5) is 22.7 Å². The van der Waals surface area contributed by atoms with E-state index in [-0.39, 0.29) is 33.9 Å². The van der Waals surface area contributed by atoms with Gasteiger partial charge in [0.15, 0.2) is 5.66 Å². The van der Waals surface area contributed by atoms with E-state index in [1.807, 2.05) is 0 Å². The second kappa shape index (κ2) is 3.03. The Balaban J connectivity index is 2.98. The number of carbonyl (C=O) groups is 1. The Morgan fingerprint density at radius 1 is 0.667 bits per heavy atom. The van der Waals surface area contributed by atoms with Gasteiger partial charge in [0, 0.05) is 5.56 Å². The third kappa shape index (κ3) is 1.06. The van der Waals surface area contributed by atoms with Crippen molar-refractivity contribution in [1.29, 1.82) is 0 Å². The van der Waals surface area contributed by atoms with Crippen molar-refractivity contribution < 1.29 is 4.79 Å². The van der Waals surface area contributed by atoms with Gasteiger partial charge in [-0.05, 0) is 0 Å². The van der Waals surface area contributed by atoms with Crippen LogP contribution in [0.1, 0.15) is 15.9 Å². The van der Waals surface area contributed by atoms with Crippen LogP contribution >= 0.6 is 0 Å². The van der Waals surface area contributed by atoms with Crippen molar-refractivity contribution in [2.24, 2.45) is 22.9 Å². The Morgan fingerprint density at radius 3 is 1.61 bits per heavy atom. The maximum absolute atomic E-state index is 12.1. The van der Waals surface area contributed by atoms with Gasteiger partial charge in [-0.1, -0.05) is 0 Å². The normalized spacial score (nSPS) is 19.9. The quantitative estimate of drug-likeness (QED) is 0.172. The van der Waals surface area contributed by atoms with E-state index in [2.05, 4.69) is 0 Å². The molecule has 1 aliphatic carbocycles. The van der Waals surface area contributed by atoms with Crippen LogP contribution in [0.15, 0.2) is 0 Å². The fraction of sp³-hybridized carbons (Fsp3) is 0.222. The number of rotatable bonds is 0. The number of nitrogens with two attached hydrogens (primary N) is 8. The fourth-order valence-corrected chi connectivity index (χ4v) is 2.10. The monoisotopic (exact) mass is 252 g/mol. The average molecular weight is 252 g/mol. The van der Waals surface area contributed by atoms with E-state index in [9.17, 15) is 4.79 Å².